The van der Waals surface area contributed by atoms with Crippen molar-refractivity contribution in [1.29, 1.82) is 0 Å². The molecule has 0 aromatic heterocycles. The first-order chi connectivity index (χ1) is 9.08. The summed E-state index contributed by atoms with van der Waals surface area (Å²) in [5.74, 6) is -0.0683. The molecular weight excluding hydrogens is 254 g/mol. The fourth-order valence-electron chi connectivity index (χ4n) is 2.22. The van der Waals surface area contributed by atoms with E-state index in [-0.39, 0.29) is 6.79 Å². The molecule has 0 spiro atoms. The van der Waals surface area contributed by atoms with Crippen LogP contribution >= 0.6 is 0 Å². The number of benzene rings is 1. The van der Waals surface area contributed by atoms with Gasteiger partial charge in [-0.1, -0.05) is 0 Å². The smallest absolute Gasteiger partial charge is 0.415 e. The molecule has 1 fully saturated rings. The average Bonchev–Trinajstić information content (AvgIpc) is 2.91. The lowest BCUT2D eigenvalue weighted by Gasteiger charge is -2.19. The summed E-state index contributed by atoms with van der Waals surface area (Å²) in [7, 11) is 0. The average molecular weight is 265 g/mol. The van der Waals surface area contributed by atoms with Gasteiger partial charge in [0.1, 0.15) is 6.10 Å². The third kappa shape index (κ3) is 1.74. The van der Waals surface area contributed by atoms with Crippen molar-refractivity contribution in [3.63, 3.8) is 0 Å². The Bertz CT molecular complexity index is 557. The van der Waals surface area contributed by atoms with Crippen LogP contribution < -0.4 is 14.4 Å². The van der Waals surface area contributed by atoms with Gasteiger partial charge in [-0.05, 0) is 19.1 Å². The highest BCUT2D eigenvalue weighted by molar-refractivity contribution is 5.98. The molecule has 0 saturated carbocycles. The van der Waals surface area contributed by atoms with Crippen molar-refractivity contribution >= 4 is 17.7 Å². The summed E-state index contributed by atoms with van der Waals surface area (Å²) in [6, 6.07) is 3.75. The molecule has 0 bridgehead atoms. The van der Waals surface area contributed by atoms with E-state index in [1.165, 1.54) is 0 Å². The molecule has 1 aromatic rings. The van der Waals surface area contributed by atoms with Gasteiger partial charge in [0.2, 0.25) is 6.79 Å². The summed E-state index contributed by atoms with van der Waals surface area (Å²) in [4.78, 5) is 24.1. The Labute approximate surface area is 108 Å². The normalized spacial score (nSPS) is 24.5. The summed E-state index contributed by atoms with van der Waals surface area (Å²) in [5, 5.41) is 9.20. The number of nitrogens with zero attached hydrogens (tertiary/aromatic N) is 1. The number of carboxylic acids is 1. The Morgan fingerprint density at radius 3 is 2.84 bits per heavy atom. The van der Waals surface area contributed by atoms with Crippen LogP contribution in [0.15, 0.2) is 18.2 Å². The number of hydrogen-bond donors (Lipinski definition) is 1. The second-order valence-corrected chi connectivity index (χ2v) is 4.28. The van der Waals surface area contributed by atoms with Crippen molar-refractivity contribution in [3.05, 3.63) is 18.2 Å². The molecule has 2 unspecified atom stereocenters. The van der Waals surface area contributed by atoms with E-state index in [1.807, 2.05) is 0 Å². The van der Waals surface area contributed by atoms with Crippen LogP contribution in [0, 0.1) is 0 Å². The maximum Gasteiger partial charge on any atom is 0.415 e. The number of rotatable bonds is 2. The summed E-state index contributed by atoms with van der Waals surface area (Å²) in [6.45, 7) is 1.66. The monoisotopic (exact) mass is 265 g/mol. The van der Waals surface area contributed by atoms with Gasteiger partial charge in [0.05, 0.1) is 5.69 Å². The predicted octanol–water partition coefficient (Wildman–Crippen LogP) is 1.21. The highest BCUT2D eigenvalue weighted by Crippen LogP contribution is 2.37. The molecule has 0 aliphatic carbocycles. The molecule has 2 heterocycles. The van der Waals surface area contributed by atoms with Gasteiger partial charge in [-0.3, -0.25) is 4.90 Å². The number of anilines is 1. The summed E-state index contributed by atoms with van der Waals surface area (Å²) >= 11 is 0. The number of ether oxygens (including phenoxy) is 3. The predicted molar refractivity (Wildman–Crippen MR) is 62.4 cm³/mol. The third-order valence-corrected chi connectivity index (χ3v) is 3.09. The zero-order chi connectivity index (χ0) is 13.6. The number of aliphatic carboxylic acids is 1. The molecule has 2 aliphatic heterocycles. The van der Waals surface area contributed by atoms with Crippen molar-refractivity contribution in [2.24, 2.45) is 0 Å². The number of fused-ring (bicyclic) bond motifs is 1. The molecule has 7 nitrogen and oxygen atoms in total. The van der Waals surface area contributed by atoms with Gasteiger partial charge in [-0.2, -0.15) is 0 Å². The summed E-state index contributed by atoms with van der Waals surface area (Å²) in [5.41, 5.74) is 0.408. The fraction of sp³-hybridized carbons (Fsp3) is 0.333. The van der Waals surface area contributed by atoms with Gasteiger partial charge in [-0.25, -0.2) is 9.59 Å². The van der Waals surface area contributed by atoms with Crippen LogP contribution in [0.5, 0.6) is 11.5 Å². The summed E-state index contributed by atoms with van der Waals surface area (Å²) in [6.07, 6.45) is -1.39. The first kappa shape index (κ1) is 11.6. The van der Waals surface area contributed by atoms with E-state index in [0.717, 1.165) is 4.90 Å². The molecule has 2 atom stereocenters. The van der Waals surface area contributed by atoms with E-state index < -0.39 is 24.2 Å². The van der Waals surface area contributed by atoms with E-state index >= 15 is 0 Å². The molecule has 2 aliphatic rings. The van der Waals surface area contributed by atoms with Crippen molar-refractivity contribution in [2.75, 3.05) is 11.7 Å². The Hall–Kier alpha value is -2.44. The number of carbonyl (C=O) groups excluding carboxylic acids is 1. The lowest BCUT2D eigenvalue weighted by atomic mass is 10.1. The molecule has 0 radical (unpaired) electrons. The molecule has 1 amide bonds. The first-order valence-electron chi connectivity index (χ1n) is 5.70. The van der Waals surface area contributed by atoms with Crippen LogP contribution in [0.2, 0.25) is 0 Å². The number of carboxylic acid groups (broad SMARTS) is 1. The molecular formula is C12H11NO6. The maximum absolute atomic E-state index is 11.8. The Morgan fingerprint density at radius 1 is 1.37 bits per heavy atom. The molecule has 3 rings (SSSR count). The van der Waals surface area contributed by atoms with Crippen LogP contribution in [0.3, 0.4) is 0 Å². The lowest BCUT2D eigenvalue weighted by molar-refractivity contribution is -0.139. The van der Waals surface area contributed by atoms with Crippen molar-refractivity contribution < 1.29 is 28.9 Å². The van der Waals surface area contributed by atoms with Crippen LogP contribution in [0.4, 0.5) is 10.5 Å². The fourth-order valence-corrected chi connectivity index (χ4v) is 2.22. The number of hydrogen-bond acceptors (Lipinski definition) is 5. The molecule has 1 N–H and O–H groups in total. The molecule has 100 valence electrons. The van der Waals surface area contributed by atoms with Crippen LogP contribution in [-0.4, -0.2) is 36.1 Å². The van der Waals surface area contributed by atoms with Gasteiger partial charge in [0.25, 0.3) is 0 Å². The van der Waals surface area contributed by atoms with E-state index in [0.29, 0.717) is 17.2 Å². The third-order valence-electron chi connectivity index (χ3n) is 3.09. The number of carbonyl (C=O) groups is 2. The Morgan fingerprint density at radius 2 is 2.11 bits per heavy atom. The topological polar surface area (TPSA) is 85.3 Å². The number of cyclic esters (lactones) is 1. The largest absolute Gasteiger partial charge is 0.480 e. The van der Waals surface area contributed by atoms with Gasteiger partial charge >= 0.3 is 12.1 Å². The SMILES string of the molecule is CC1OC(=O)N(c2ccc3c(c2)OCO3)C1C(=O)O. The Kier molecular flexibility index (Phi) is 2.48. The minimum atomic E-state index is -1.11. The lowest BCUT2D eigenvalue weighted by Crippen LogP contribution is -2.42. The van der Waals surface area contributed by atoms with Crippen molar-refractivity contribution in [1.82, 2.24) is 0 Å². The molecule has 1 aromatic carbocycles. The summed E-state index contributed by atoms with van der Waals surface area (Å²) < 4.78 is 15.3. The molecule has 19 heavy (non-hydrogen) atoms. The standard InChI is InChI=1S/C12H11NO6/c1-6-10(11(14)15)13(12(16)19-6)7-2-3-8-9(4-7)18-5-17-8/h2-4,6,10H,5H2,1H3,(H,14,15). The highest BCUT2D eigenvalue weighted by Gasteiger charge is 2.45. The second kappa shape index (κ2) is 4.04. The van der Waals surface area contributed by atoms with Gasteiger partial charge in [0, 0.05) is 6.07 Å². The van der Waals surface area contributed by atoms with Gasteiger partial charge in [0.15, 0.2) is 17.5 Å². The van der Waals surface area contributed by atoms with E-state index in [1.54, 1.807) is 25.1 Å². The first-order valence-corrected chi connectivity index (χ1v) is 5.70. The maximum atomic E-state index is 11.8. The zero-order valence-electron chi connectivity index (χ0n) is 10.0. The van der Waals surface area contributed by atoms with Crippen LogP contribution in [-0.2, 0) is 9.53 Å². The number of amides is 1. The van der Waals surface area contributed by atoms with Gasteiger partial charge in [-0.15, -0.1) is 0 Å². The highest BCUT2D eigenvalue weighted by atomic mass is 16.7. The van der Waals surface area contributed by atoms with Crippen molar-refractivity contribution in [2.45, 2.75) is 19.1 Å². The second-order valence-electron chi connectivity index (χ2n) is 4.28. The Balaban J connectivity index is 2.00. The van der Waals surface area contributed by atoms with Crippen molar-refractivity contribution in [3.8, 4) is 11.5 Å². The van der Waals surface area contributed by atoms with Gasteiger partial charge < -0.3 is 19.3 Å². The van der Waals surface area contributed by atoms with Crippen LogP contribution in [0.1, 0.15) is 6.92 Å². The van der Waals surface area contributed by atoms with E-state index in [4.69, 9.17) is 14.2 Å². The van der Waals surface area contributed by atoms with E-state index in [9.17, 15) is 14.7 Å². The van der Waals surface area contributed by atoms with E-state index in [2.05, 4.69) is 0 Å². The molecule has 7 heteroatoms. The molecule has 1 saturated heterocycles. The zero-order valence-corrected chi connectivity index (χ0v) is 10.0. The quantitative estimate of drug-likeness (QED) is 0.865. The minimum Gasteiger partial charge on any atom is -0.480 e. The van der Waals surface area contributed by atoms with Crippen LogP contribution in [0.25, 0.3) is 0 Å². The minimum absolute atomic E-state index is 0.113.